The van der Waals surface area contributed by atoms with Crippen LogP contribution in [0.1, 0.15) is 5.56 Å². The number of hydrogen-bond donors (Lipinski definition) is 1. The number of phenols is 1. The summed E-state index contributed by atoms with van der Waals surface area (Å²) in [4.78, 5) is 0. The van der Waals surface area contributed by atoms with Crippen LogP contribution in [0.2, 0.25) is 5.02 Å². The van der Waals surface area contributed by atoms with Crippen molar-refractivity contribution in [2.75, 3.05) is 7.11 Å². The van der Waals surface area contributed by atoms with E-state index in [1.807, 2.05) is 0 Å². The molecule has 0 atom stereocenters. The van der Waals surface area contributed by atoms with Gasteiger partial charge in [0.1, 0.15) is 11.5 Å². The number of hydrogen-bond acceptors (Lipinski definition) is 2. The number of rotatable bonds is 2. The quantitative estimate of drug-likeness (QED) is 0.622. The lowest BCUT2D eigenvalue weighted by molar-refractivity contribution is -0.137. The van der Waals surface area contributed by atoms with Crippen molar-refractivity contribution in [2.45, 2.75) is 6.18 Å². The Morgan fingerprint density at radius 1 is 0.958 bits per heavy atom. The fourth-order valence-corrected chi connectivity index (χ4v) is 2.98. The van der Waals surface area contributed by atoms with Gasteiger partial charge in [0, 0.05) is 10.8 Å². The molecule has 0 aliphatic carbocycles. The zero-order chi connectivity index (χ0) is 17.5. The second kappa shape index (κ2) is 5.91. The molecule has 124 valence electrons. The zero-order valence-corrected chi connectivity index (χ0v) is 13.2. The van der Waals surface area contributed by atoms with Crippen molar-refractivity contribution in [3.05, 3.63) is 59.1 Å². The molecule has 2 nitrogen and oxygen atoms in total. The first-order chi connectivity index (χ1) is 11.3. The Bertz CT molecular complexity index is 903. The Hall–Kier alpha value is -2.40. The molecule has 0 radical (unpaired) electrons. The first-order valence-electron chi connectivity index (χ1n) is 6.99. The number of benzene rings is 3. The number of halogens is 4. The molecular formula is C18H12ClF3O2. The number of methoxy groups -OCH3 is 1. The van der Waals surface area contributed by atoms with Crippen molar-refractivity contribution in [1.82, 2.24) is 0 Å². The molecule has 1 N–H and O–H groups in total. The average Bonchev–Trinajstić information content (AvgIpc) is 2.57. The lowest BCUT2D eigenvalue weighted by Gasteiger charge is -2.16. The molecule has 0 aromatic heterocycles. The molecule has 0 amide bonds. The van der Waals surface area contributed by atoms with Crippen LogP contribution in [0, 0.1) is 0 Å². The molecule has 0 fully saturated rings. The molecule has 3 aromatic carbocycles. The minimum Gasteiger partial charge on any atom is -0.507 e. The van der Waals surface area contributed by atoms with E-state index < -0.39 is 11.7 Å². The van der Waals surface area contributed by atoms with Crippen molar-refractivity contribution < 1.29 is 23.0 Å². The smallest absolute Gasteiger partial charge is 0.416 e. The van der Waals surface area contributed by atoms with E-state index >= 15 is 0 Å². The minimum absolute atomic E-state index is 0.0911. The lowest BCUT2D eigenvalue weighted by atomic mass is 9.97. The number of fused-ring (bicyclic) bond motifs is 1. The van der Waals surface area contributed by atoms with E-state index in [1.54, 1.807) is 24.3 Å². The van der Waals surface area contributed by atoms with Gasteiger partial charge in [0.15, 0.2) is 0 Å². The summed E-state index contributed by atoms with van der Waals surface area (Å²) in [5, 5.41) is 12.0. The second-order valence-corrected chi connectivity index (χ2v) is 5.57. The third kappa shape index (κ3) is 2.65. The van der Waals surface area contributed by atoms with Crippen LogP contribution in [0.15, 0.2) is 48.5 Å². The SMILES string of the molecule is COc1c(-c2ccc(C(F)(F)F)cc2)c(O)c2ccccc2c1Cl. The van der Waals surface area contributed by atoms with Gasteiger partial charge >= 0.3 is 6.18 Å². The maximum atomic E-state index is 12.7. The monoisotopic (exact) mass is 352 g/mol. The van der Waals surface area contributed by atoms with Gasteiger partial charge in [-0.05, 0) is 17.7 Å². The van der Waals surface area contributed by atoms with Gasteiger partial charge in [0.05, 0.1) is 23.3 Å². The van der Waals surface area contributed by atoms with E-state index in [1.165, 1.54) is 19.2 Å². The third-order valence-electron chi connectivity index (χ3n) is 3.79. The molecule has 0 saturated heterocycles. The van der Waals surface area contributed by atoms with Crippen molar-refractivity contribution in [1.29, 1.82) is 0 Å². The summed E-state index contributed by atoms with van der Waals surface area (Å²) < 4.78 is 43.5. The highest BCUT2D eigenvalue weighted by Gasteiger charge is 2.30. The molecule has 0 aliphatic heterocycles. The van der Waals surface area contributed by atoms with Gasteiger partial charge in [0.25, 0.3) is 0 Å². The average molecular weight is 353 g/mol. The van der Waals surface area contributed by atoms with Crippen LogP contribution in [0.4, 0.5) is 13.2 Å². The highest BCUT2D eigenvalue weighted by atomic mass is 35.5. The number of ether oxygens (including phenoxy) is 1. The molecule has 0 spiro atoms. The molecule has 0 aliphatic rings. The lowest BCUT2D eigenvalue weighted by Crippen LogP contribution is -2.04. The summed E-state index contributed by atoms with van der Waals surface area (Å²) in [6.07, 6.45) is -4.42. The highest BCUT2D eigenvalue weighted by molar-refractivity contribution is 6.38. The van der Waals surface area contributed by atoms with Crippen molar-refractivity contribution in [2.24, 2.45) is 0 Å². The Morgan fingerprint density at radius 2 is 1.54 bits per heavy atom. The van der Waals surface area contributed by atoms with Crippen LogP contribution in [-0.2, 0) is 6.18 Å². The number of phenolic OH excluding ortho intramolecular Hbond substituents is 1. The van der Waals surface area contributed by atoms with Crippen molar-refractivity contribution in [3.8, 4) is 22.6 Å². The molecule has 3 rings (SSSR count). The summed E-state index contributed by atoms with van der Waals surface area (Å²) >= 11 is 6.36. The maximum Gasteiger partial charge on any atom is 0.416 e. The summed E-state index contributed by atoms with van der Waals surface area (Å²) in [6.45, 7) is 0. The third-order valence-corrected chi connectivity index (χ3v) is 4.16. The van der Waals surface area contributed by atoms with E-state index in [0.717, 1.165) is 12.1 Å². The van der Waals surface area contributed by atoms with Crippen molar-refractivity contribution in [3.63, 3.8) is 0 Å². The van der Waals surface area contributed by atoms with Crippen molar-refractivity contribution >= 4 is 22.4 Å². The summed E-state index contributed by atoms with van der Waals surface area (Å²) in [5.74, 6) is 0.124. The molecule has 0 saturated carbocycles. The predicted molar refractivity (Wildman–Crippen MR) is 87.6 cm³/mol. The van der Waals surface area contributed by atoms with E-state index in [2.05, 4.69) is 0 Å². The van der Waals surface area contributed by atoms with Gasteiger partial charge in [-0.3, -0.25) is 0 Å². The first-order valence-corrected chi connectivity index (χ1v) is 7.37. The van der Waals surface area contributed by atoms with Gasteiger partial charge in [-0.2, -0.15) is 13.2 Å². The largest absolute Gasteiger partial charge is 0.507 e. The zero-order valence-electron chi connectivity index (χ0n) is 12.5. The van der Waals surface area contributed by atoms with Gasteiger partial charge in [0.2, 0.25) is 0 Å². The van der Waals surface area contributed by atoms with E-state index in [-0.39, 0.29) is 17.1 Å². The topological polar surface area (TPSA) is 29.5 Å². The fraction of sp³-hybridized carbons (Fsp3) is 0.111. The molecule has 0 heterocycles. The molecule has 24 heavy (non-hydrogen) atoms. The van der Waals surface area contributed by atoms with E-state index in [9.17, 15) is 18.3 Å². The number of aromatic hydroxyl groups is 1. The maximum absolute atomic E-state index is 12.7. The molecule has 0 unspecified atom stereocenters. The molecular weight excluding hydrogens is 341 g/mol. The Balaban J connectivity index is 2.27. The van der Waals surface area contributed by atoms with Gasteiger partial charge in [-0.15, -0.1) is 0 Å². The van der Waals surface area contributed by atoms with E-state index in [0.29, 0.717) is 21.4 Å². The normalized spacial score (nSPS) is 11.7. The van der Waals surface area contributed by atoms with Crippen LogP contribution in [-0.4, -0.2) is 12.2 Å². The number of alkyl halides is 3. The Morgan fingerprint density at radius 3 is 2.08 bits per heavy atom. The van der Waals surface area contributed by atoms with Crippen LogP contribution in [0.5, 0.6) is 11.5 Å². The summed E-state index contributed by atoms with van der Waals surface area (Å²) in [6, 6.07) is 11.4. The van der Waals surface area contributed by atoms with Gasteiger partial charge < -0.3 is 9.84 Å². The van der Waals surface area contributed by atoms with E-state index in [4.69, 9.17) is 16.3 Å². The van der Waals surface area contributed by atoms with Crippen LogP contribution in [0.3, 0.4) is 0 Å². The van der Waals surface area contributed by atoms with Gasteiger partial charge in [-0.1, -0.05) is 48.0 Å². The predicted octanol–water partition coefficient (Wildman–Crippen LogP) is 5.89. The second-order valence-electron chi connectivity index (χ2n) is 5.19. The highest BCUT2D eigenvalue weighted by Crippen LogP contribution is 2.48. The van der Waals surface area contributed by atoms with Crippen LogP contribution in [0.25, 0.3) is 21.9 Å². The Kier molecular flexibility index (Phi) is 4.05. The van der Waals surface area contributed by atoms with Crippen LogP contribution < -0.4 is 4.74 Å². The molecule has 0 bridgehead atoms. The summed E-state index contributed by atoms with van der Waals surface area (Å²) in [5.41, 5.74) is -0.128. The van der Waals surface area contributed by atoms with Gasteiger partial charge in [-0.25, -0.2) is 0 Å². The first kappa shape index (κ1) is 16.5. The molecule has 6 heteroatoms. The standard InChI is InChI=1S/C18H12ClF3O2/c1-24-17-14(10-6-8-11(9-7-10)18(20,21)22)16(23)13-5-3-2-4-12(13)15(17)19/h2-9,23H,1H3. The molecule has 3 aromatic rings. The fourth-order valence-electron chi connectivity index (χ4n) is 2.64. The summed E-state index contributed by atoms with van der Waals surface area (Å²) in [7, 11) is 1.39. The Labute approximate surface area is 141 Å². The minimum atomic E-state index is -4.42. The van der Waals surface area contributed by atoms with Crippen LogP contribution >= 0.6 is 11.6 Å².